The summed E-state index contributed by atoms with van der Waals surface area (Å²) in [6, 6.07) is 24.4. The van der Waals surface area contributed by atoms with Gasteiger partial charge in [0.1, 0.15) is 5.58 Å². The molecule has 306 valence electrons. The number of benzene rings is 5. The highest BCUT2D eigenvalue weighted by atomic mass is 16.5. The Morgan fingerprint density at radius 3 is 1.93 bits per heavy atom. The minimum Gasteiger partial charge on any atom is -0.490 e. The van der Waals surface area contributed by atoms with Crippen LogP contribution in [0.1, 0.15) is 82.1 Å². The minimum atomic E-state index is -0.205. The van der Waals surface area contributed by atoms with E-state index in [9.17, 15) is 0 Å². The van der Waals surface area contributed by atoms with Crippen molar-refractivity contribution in [2.75, 3.05) is 49.4 Å². The van der Waals surface area contributed by atoms with Gasteiger partial charge in [-0.1, -0.05) is 40.7 Å². The topological polar surface area (TPSA) is 75.0 Å². The van der Waals surface area contributed by atoms with Gasteiger partial charge in [0, 0.05) is 64.9 Å². The van der Waals surface area contributed by atoms with Gasteiger partial charge in [-0.05, 0) is 101 Å². The number of nitrogens with zero attached hydrogens (tertiary/aromatic N) is 2. The van der Waals surface area contributed by atoms with Crippen molar-refractivity contribution in [3.05, 3.63) is 89.0 Å². The van der Waals surface area contributed by atoms with E-state index in [1.165, 1.54) is 16.6 Å². The van der Waals surface area contributed by atoms with Crippen LogP contribution < -0.4 is 54.6 Å². The summed E-state index contributed by atoms with van der Waals surface area (Å²) in [6.45, 7) is 19.1. The maximum absolute atomic E-state index is 7.24. The molecule has 0 bridgehead atoms. The fraction of sp³-hybridized carbons (Fsp3) is 0.360. The average molecular weight is 803 g/mol. The molecule has 0 saturated heterocycles. The van der Waals surface area contributed by atoms with Gasteiger partial charge in [0.15, 0.2) is 34.5 Å². The molecule has 0 amide bonds. The number of hydrogen-bond acceptors (Lipinski definition) is 9. The Kier molecular flexibility index (Phi) is 8.56. The predicted octanol–water partition coefficient (Wildman–Crippen LogP) is 10.0. The lowest BCUT2D eigenvalue weighted by Crippen LogP contribution is -2.61. The number of furan rings is 1. The van der Waals surface area contributed by atoms with Crippen LogP contribution in [0.4, 0.5) is 34.3 Å². The summed E-state index contributed by atoms with van der Waals surface area (Å²) in [7, 11) is 0. The van der Waals surface area contributed by atoms with Crippen molar-refractivity contribution in [2.24, 2.45) is 0 Å². The first kappa shape index (κ1) is 37.1. The largest absolute Gasteiger partial charge is 0.490 e. The number of fused-ring (bicyclic) bond motifs is 9. The van der Waals surface area contributed by atoms with Crippen molar-refractivity contribution in [2.45, 2.75) is 79.1 Å². The Bertz CT molecular complexity index is 2730. The van der Waals surface area contributed by atoms with Crippen molar-refractivity contribution in [1.82, 2.24) is 0 Å². The maximum atomic E-state index is 7.24. The molecule has 0 spiro atoms. The van der Waals surface area contributed by atoms with Crippen molar-refractivity contribution in [3.63, 3.8) is 0 Å². The maximum Gasteiger partial charge on any atom is 0.257 e. The van der Waals surface area contributed by atoms with E-state index >= 15 is 0 Å². The highest BCUT2D eigenvalue weighted by molar-refractivity contribution is 7.01. The average Bonchev–Trinajstić information content (AvgIpc) is 3.48. The van der Waals surface area contributed by atoms with Gasteiger partial charge >= 0.3 is 0 Å². The fourth-order valence-electron chi connectivity index (χ4n) is 9.75. The molecule has 5 aliphatic rings. The van der Waals surface area contributed by atoms with Crippen LogP contribution in [0.2, 0.25) is 0 Å². The van der Waals surface area contributed by atoms with Crippen LogP contribution in [-0.4, -0.2) is 46.4 Å². The number of rotatable bonds is 3. The molecular formula is C50H51BN2O7. The standard InChI is InChI=1S/C50H51BN2O7/c1-28(2)31-22-37-46-38(23-31)53(47-29(3)21-44-48(30(47)4)59-20-10-19-58-44)49-45(34-24-32(50(5,6)7)11-13-39(34)60-49)51(46)35-26-42-43(57-18-9-17-56-42)27-36(35)52(37)33-12-14-40-41(25-33)55-16-8-15-54-40/h11-14,21-28H,8-10,15-20H2,1-7H3. The van der Waals surface area contributed by atoms with E-state index in [1.54, 1.807) is 0 Å². The second-order valence-corrected chi connectivity index (χ2v) is 18.1. The zero-order valence-electron chi connectivity index (χ0n) is 35.6. The molecule has 10 heteroatoms. The summed E-state index contributed by atoms with van der Waals surface area (Å²) in [4.78, 5) is 4.78. The summed E-state index contributed by atoms with van der Waals surface area (Å²) >= 11 is 0. The Morgan fingerprint density at radius 1 is 0.600 bits per heavy atom. The molecule has 6 aromatic rings. The molecule has 1 aromatic heterocycles. The van der Waals surface area contributed by atoms with Gasteiger partial charge in [-0.2, -0.15) is 0 Å². The van der Waals surface area contributed by atoms with Crippen LogP contribution in [0, 0.1) is 13.8 Å². The van der Waals surface area contributed by atoms with Gasteiger partial charge in [0.2, 0.25) is 5.88 Å². The van der Waals surface area contributed by atoms with Gasteiger partial charge in [0.05, 0.1) is 51.0 Å². The fourth-order valence-corrected chi connectivity index (χ4v) is 9.75. The summed E-state index contributed by atoms with van der Waals surface area (Å²) in [5.74, 6) is 5.62. The normalized spacial score (nSPS) is 16.5. The molecule has 9 nitrogen and oxygen atoms in total. The van der Waals surface area contributed by atoms with E-state index < -0.39 is 0 Å². The molecule has 0 radical (unpaired) electrons. The Labute approximate surface area is 352 Å². The molecule has 0 atom stereocenters. The summed E-state index contributed by atoms with van der Waals surface area (Å²) in [5, 5.41) is 1.10. The molecule has 0 unspecified atom stereocenters. The smallest absolute Gasteiger partial charge is 0.257 e. The van der Waals surface area contributed by atoms with E-state index in [2.05, 4.69) is 125 Å². The number of anilines is 6. The first-order chi connectivity index (χ1) is 29.0. The van der Waals surface area contributed by atoms with Gasteiger partial charge in [0.25, 0.3) is 6.71 Å². The Hall–Kier alpha value is -5.90. The van der Waals surface area contributed by atoms with Crippen molar-refractivity contribution >= 4 is 68.4 Å². The van der Waals surface area contributed by atoms with Gasteiger partial charge < -0.3 is 37.7 Å². The second-order valence-electron chi connectivity index (χ2n) is 18.1. The first-order valence-corrected chi connectivity index (χ1v) is 21.6. The predicted molar refractivity (Wildman–Crippen MR) is 239 cm³/mol. The molecule has 6 heterocycles. The van der Waals surface area contributed by atoms with Crippen LogP contribution in [-0.2, 0) is 5.41 Å². The summed E-state index contributed by atoms with van der Waals surface area (Å²) in [5.41, 5.74) is 14.0. The minimum absolute atomic E-state index is 0.0790. The third-order valence-corrected chi connectivity index (χ3v) is 12.8. The monoisotopic (exact) mass is 802 g/mol. The van der Waals surface area contributed by atoms with Crippen LogP contribution in [0.15, 0.2) is 71.1 Å². The van der Waals surface area contributed by atoms with Crippen LogP contribution in [0.3, 0.4) is 0 Å². The van der Waals surface area contributed by atoms with E-state index in [0.717, 1.165) is 121 Å². The van der Waals surface area contributed by atoms with Gasteiger partial charge in [-0.25, -0.2) is 0 Å². The van der Waals surface area contributed by atoms with Crippen LogP contribution >= 0.6 is 0 Å². The number of aryl methyl sites for hydroxylation is 1. The lowest BCUT2D eigenvalue weighted by molar-refractivity contribution is 0.296. The van der Waals surface area contributed by atoms with E-state index in [4.69, 9.17) is 32.8 Å². The SMILES string of the molecule is Cc1cc2c(c(C)c1N1c3cc(C(C)C)cc4c3B(c3cc5c(cc3N4c3ccc4c(c3)OCCCO4)OCCCO5)c3c1oc1ccc(C(C)(C)C)cc31)OCCCO2. The third-order valence-electron chi connectivity index (χ3n) is 12.8. The Balaban J connectivity index is 1.27. The Morgan fingerprint density at radius 2 is 1.23 bits per heavy atom. The molecule has 0 saturated carbocycles. The van der Waals surface area contributed by atoms with Gasteiger partial charge in [-0.15, -0.1) is 0 Å². The van der Waals surface area contributed by atoms with E-state index in [1.807, 2.05) is 0 Å². The molecule has 60 heavy (non-hydrogen) atoms. The van der Waals surface area contributed by atoms with Gasteiger partial charge in [-0.3, -0.25) is 4.90 Å². The molecular weight excluding hydrogens is 751 g/mol. The van der Waals surface area contributed by atoms with Crippen LogP contribution in [0.5, 0.6) is 34.5 Å². The lowest BCUT2D eigenvalue weighted by Gasteiger charge is -2.43. The van der Waals surface area contributed by atoms with Crippen molar-refractivity contribution in [3.8, 4) is 34.5 Å². The zero-order valence-corrected chi connectivity index (χ0v) is 35.6. The third kappa shape index (κ3) is 5.73. The second kappa shape index (κ2) is 13.8. The van der Waals surface area contributed by atoms with Crippen molar-refractivity contribution in [1.29, 1.82) is 0 Å². The number of hydrogen-bond donors (Lipinski definition) is 0. The molecule has 5 aromatic carbocycles. The lowest BCUT2D eigenvalue weighted by atomic mass is 9.33. The highest BCUT2D eigenvalue weighted by Gasteiger charge is 2.48. The van der Waals surface area contributed by atoms with E-state index in [0.29, 0.717) is 39.6 Å². The first-order valence-electron chi connectivity index (χ1n) is 21.6. The molecule has 5 aliphatic heterocycles. The molecule has 0 fully saturated rings. The van der Waals surface area contributed by atoms with Crippen LogP contribution in [0.25, 0.3) is 11.0 Å². The van der Waals surface area contributed by atoms with E-state index in [-0.39, 0.29) is 18.0 Å². The van der Waals surface area contributed by atoms with Crippen molar-refractivity contribution < 1.29 is 32.8 Å². The quantitative estimate of drug-likeness (QED) is 0.162. The molecule has 0 aliphatic carbocycles. The molecule has 0 N–H and O–H groups in total. The summed E-state index contributed by atoms with van der Waals surface area (Å²) in [6.07, 6.45) is 2.47. The molecule has 11 rings (SSSR count). The summed E-state index contributed by atoms with van der Waals surface area (Å²) < 4.78 is 45.5. The number of ether oxygens (including phenoxy) is 6. The zero-order chi connectivity index (χ0) is 41.0. The highest BCUT2D eigenvalue weighted by Crippen LogP contribution is 2.52.